The minimum atomic E-state index is -1.07. The van der Waals surface area contributed by atoms with Crippen LogP contribution >= 0.6 is 15.9 Å². The van der Waals surface area contributed by atoms with Crippen LogP contribution in [-0.4, -0.2) is 36.9 Å². The molecule has 2 amide bonds. The predicted octanol–water partition coefficient (Wildman–Crippen LogP) is 2.76. The van der Waals surface area contributed by atoms with Crippen LogP contribution in [0.5, 0.6) is 0 Å². The van der Waals surface area contributed by atoms with Crippen molar-refractivity contribution in [2.75, 3.05) is 19.0 Å². The molecule has 0 saturated carbocycles. The SMILES string of the molecule is COCCCC(NC(=O)Nc1cc(C)ccc1Br)C(=O)O. The summed E-state index contributed by atoms with van der Waals surface area (Å²) in [5.41, 5.74) is 1.58. The number of carbonyl (C=O) groups is 2. The van der Waals surface area contributed by atoms with E-state index in [9.17, 15) is 9.59 Å². The Morgan fingerprint density at radius 2 is 2.14 bits per heavy atom. The molecule has 0 aliphatic carbocycles. The molecule has 3 N–H and O–H groups in total. The molecule has 0 spiro atoms. The van der Waals surface area contributed by atoms with E-state index < -0.39 is 18.0 Å². The van der Waals surface area contributed by atoms with Gasteiger partial charge in [0.1, 0.15) is 6.04 Å². The minimum absolute atomic E-state index is 0.311. The monoisotopic (exact) mass is 358 g/mol. The Hall–Kier alpha value is -1.60. The topological polar surface area (TPSA) is 87.7 Å². The van der Waals surface area contributed by atoms with Crippen molar-refractivity contribution in [2.24, 2.45) is 0 Å². The van der Waals surface area contributed by atoms with Crippen LogP contribution in [0.4, 0.5) is 10.5 Å². The zero-order valence-corrected chi connectivity index (χ0v) is 13.6. The maximum atomic E-state index is 11.9. The average molecular weight is 359 g/mol. The Balaban J connectivity index is 2.61. The van der Waals surface area contributed by atoms with Crippen LogP contribution < -0.4 is 10.6 Å². The lowest BCUT2D eigenvalue weighted by molar-refractivity contribution is -0.139. The number of carboxylic acids is 1. The van der Waals surface area contributed by atoms with Gasteiger partial charge in [0, 0.05) is 18.2 Å². The number of anilines is 1. The molecule has 0 aliphatic heterocycles. The van der Waals surface area contributed by atoms with Crippen molar-refractivity contribution in [2.45, 2.75) is 25.8 Å². The molecule has 1 rings (SSSR count). The van der Waals surface area contributed by atoms with Crippen LogP contribution in [0.25, 0.3) is 0 Å². The summed E-state index contributed by atoms with van der Waals surface area (Å²) in [4.78, 5) is 23.0. The number of hydrogen-bond acceptors (Lipinski definition) is 3. The van der Waals surface area contributed by atoms with Crippen LogP contribution in [0.3, 0.4) is 0 Å². The summed E-state index contributed by atoms with van der Waals surface area (Å²) >= 11 is 3.33. The number of ether oxygens (including phenoxy) is 1. The van der Waals surface area contributed by atoms with Gasteiger partial charge in [-0.15, -0.1) is 0 Å². The third kappa shape index (κ3) is 6.14. The lowest BCUT2D eigenvalue weighted by Crippen LogP contribution is -2.43. The van der Waals surface area contributed by atoms with E-state index in [2.05, 4.69) is 26.6 Å². The summed E-state index contributed by atoms with van der Waals surface area (Å²) < 4.78 is 5.61. The van der Waals surface area contributed by atoms with Gasteiger partial charge < -0.3 is 20.5 Å². The molecule has 7 heteroatoms. The fraction of sp³-hybridized carbons (Fsp3) is 0.429. The van der Waals surface area contributed by atoms with Crippen molar-refractivity contribution in [1.82, 2.24) is 5.32 Å². The van der Waals surface area contributed by atoms with Gasteiger partial charge in [-0.2, -0.15) is 0 Å². The lowest BCUT2D eigenvalue weighted by atomic mass is 10.1. The number of amides is 2. The van der Waals surface area contributed by atoms with E-state index in [0.29, 0.717) is 25.1 Å². The standard InChI is InChI=1S/C14H19BrN2O4/c1-9-5-6-10(15)12(8-9)17-14(20)16-11(13(18)19)4-3-7-21-2/h5-6,8,11H,3-4,7H2,1-2H3,(H,18,19)(H2,16,17,20). The second-order valence-electron chi connectivity index (χ2n) is 4.61. The maximum absolute atomic E-state index is 11.9. The van der Waals surface area contributed by atoms with Crippen LogP contribution in [0.15, 0.2) is 22.7 Å². The largest absolute Gasteiger partial charge is 0.480 e. The smallest absolute Gasteiger partial charge is 0.326 e. The van der Waals surface area contributed by atoms with Crippen LogP contribution in [0, 0.1) is 6.92 Å². The number of aliphatic carboxylic acids is 1. The second-order valence-corrected chi connectivity index (χ2v) is 5.46. The summed E-state index contributed by atoms with van der Waals surface area (Å²) in [7, 11) is 1.55. The molecule has 0 radical (unpaired) electrons. The maximum Gasteiger partial charge on any atom is 0.326 e. The van der Waals surface area contributed by atoms with Crippen molar-refractivity contribution in [3.05, 3.63) is 28.2 Å². The van der Waals surface area contributed by atoms with Crippen LogP contribution in [0.1, 0.15) is 18.4 Å². The number of aryl methyl sites for hydroxylation is 1. The predicted molar refractivity (Wildman–Crippen MR) is 83.6 cm³/mol. The van der Waals surface area contributed by atoms with Gasteiger partial charge in [-0.05, 0) is 53.4 Å². The number of nitrogens with one attached hydrogen (secondary N) is 2. The van der Waals surface area contributed by atoms with Gasteiger partial charge in [-0.25, -0.2) is 9.59 Å². The molecule has 6 nitrogen and oxygen atoms in total. The van der Waals surface area contributed by atoms with Gasteiger partial charge in [0.15, 0.2) is 0 Å². The first kappa shape index (κ1) is 17.5. The number of hydrogen-bond donors (Lipinski definition) is 3. The minimum Gasteiger partial charge on any atom is -0.480 e. The summed E-state index contributed by atoms with van der Waals surface area (Å²) in [5, 5.41) is 14.2. The third-order valence-corrected chi connectivity index (χ3v) is 3.51. The average Bonchev–Trinajstić information content (AvgIpc) is 2.42. The molecule has 1 aromatic carbocycles. The van der Waals surface area contributed by atoms with E-state index in [4.69, 9.17) is 9.84 Å². The number of benzene rings is 1. The zero-order valence-electron chi connectivity index (χ0n) is 12.0. The lowest BCUT2D eigenvalue weighted by Gasteiger charge is -2.15. The first-order valence-corrected chi connectivity index (χ1v) is 7.28. The highest BCUT2D eigenvalue weighted by atomic mass is 79.9. The molecule has 1 aromatic rings. The number of halogens is 1. The van der Waals surface area contributed by atoms with E-state index in [-0.39, 0.29) is 0 Å². The molecule has 21 heavy (non-hydrogen) atoms. The highest BCUT2D eigenvalue weighted by molar-refractivity contribution is 9.10. The van der Waals surface area contributed by atoms with E-state index in [1.54, 1.807) is 13.2 Å². The van der Waals surface area contributed by atoms with Gasteiger partial charge >= 0.3 is 12.0 Å². The number of methoxy groups -OCH3 is 1. The van der Waals surface area contributed by atoms with Gasteiger partial charge in [0.2, 0.25) is 0 Å². The molecule has 0 aromatic heterocycles. The first-order valence-electron chi connectivity index (χ1n) is 6.49. The molecule has 0 saturated heterocycles. The first-order chi connectivity index (χ1) is 9.93. The van der Waals surface area contributed by atoms with Gasteiger partial charge in [0.05, 0.1) is 5.69 Å². The van der Waals surface area contributed by atoms with Gasteiger partial charge in [0.25, 0.3) is 0 Å². The molecule has 1 atom stereocenters. The summed E-state index contributed by atoms with van der Waals surface area (Å²) in [6.07, 6.45) is 0.869. The molecular weight excluding hydrogens is 340 g/mol. The molecular formula is C14H19BrN2O4. The van der Waals surface area contributed by atoms with Gasteiger partial charge in [-0.1, -0.05) is 6.07 Å². The summed E-state index contributed by atoms with van der Waals surface area (Å²) in [6.45, 7) is 2.36. The highest BCUT2D eigenvalue weighted by Crippen LogP contribution is 2.23. The van der Waals surface area contributed by atoms with Crippen molar-refractivity contribution >= 4 is 33.6 Å². The Morgan fingerprint density at radius 3 is 2.76 bits per heavy atom. The molecule has 0 aliphatic rings. The second kappa shape index (κ2) is 8.63. The van der Waals surface area contributed by atoms with E-state index >= 15 is 0 Å². The highest BCUT2D eigenvalue weighted by Gasteiger charge is 2.19. The van der Waals surface area contributed by atoms with Crippen molar-refractivity contribution in [1.29, 1.82) is 0 Å². The normalized spacial score (nSPS) is 11.8. The quantitative estimate of drug-likeness (QED) is 0.654. The van der Waals surface area contributed by atoms with Crippen molar-refractivity contribution in [3.8, 4) is 0 Å². The van der Waals surface area contributed by atoms with Crippen molar-refractivity contribution < 1.29 is 19.4 Å². The van der Waals surface area contributed by atoms with Crippen LogP contribution in [-0.2, 0) is 9.53 Å². The van der Waals surface area contributed by atoms with Crippen LogP contribution in [0.2, 0.25) is 0 Å². The molecule has 1 unspecified atom stereocenters. The Labute approximate surface area is 132 Å². The van der Waals surface area contributed by atoms with E-state index in [1.165, 1.54) is 0 Å². The Bertz CT molecular complexity index is 508. The molecule has 116 valence electrons. The summed E-state index contributed by atoms with van der Waals surface area (Å²) in [6, 6.07) is 4.02. The zero-order chi connectivity index (χ0) is 15.8. The fourth-order valence-electron chi connectivity index (χ4n) is 1.74. The summed E-state index contributed by atoms with van der Waals surface area (Å²) in [5.74, 6) is -1.07. The Morgan fingerprint density at radius 1 is 1.43 bits per heavy atom. The molecule has 0 fully saturated rings. The number of urea groups is 1. The molecule has 0 heterocycles. The van der Waals surface area contributed by atoms with Crippen molar-refractivity contribution in [3.63, 3.8) is 0 Å². The van der Waals surface area contributed by atoms with E-state index in [1.807, 2.05) is 19.1 Å². The number of carboxylic acid groups (broad SMARTS) is 1. The third-order valence-electron chi connectivity index (χ3n) is 2.81. The Kier molecular flexibility index (Phi) is 7.18. The number of rotatable bonds is 7. The number of carbonyl (C=O) groups excluding carboxylic acids is 1. The van der Waals surface area contributed by atoms with E-state index in [0.717, 1.165) is 10.0 Å². The molecule has 0 bridgehead atoms. The fourth-order valence-corrected chi connectivity index (χ4v) is 2.09. The van der Waals surface area contributed by atoms with Gasteiger partial charge in [-0.3, -0.25) is 0 Å².